The van der Waals surface area contributed by atoms with Gasteiger partial charge in [0.25, 0.3) is 0 Å². The molecule has 1 rings (SSSR count). The Kier molecular flexibility index (Phi) is 7.12. The minimum absolute atomic E-state index is 0.130. The number of hydroxylamine groups is 1. The Bertz CT molecular complexity index is 266. The Labute approximate surface area is 106 Å². The molecule has 0 aromatic heterocycles. The van der Waals surface area contributed by atoms with Gasteiger partial charge in [-0.15, -0.1) is 0 Å². The molecule has 0 aliphatic carbocycles. The third-order valence-corrected chi connectivity index (χ3v) is 2.34. The maximum absolute atomic E-state index is 11.3. The van der Waals surface area contributed by atoms with Crippen molar-refractivity contribution in [2.75, 3.05) is 19.8 Å². The first-order valence-corrected chi connectivity index (χ1v) is 6.19. The fraction of sp³-hybridized carbons (Fsp3) is 0.818. The van der Waals surface area contributed by atoms with Crippen LogP contribution in [0.3, 0.4) is 0 Å². The van der Waals surface area contributed by atoms with Crippen LogP contribution in [0.15, 0.2) is 0 Å². The third kappa shape index (κ3) is 6.41. The smallest absolute Gasteiger partial charge is 0.407 e. The number of nitrogens with one attached hydrogen (secondary N) is 2. The zero-order valence-corrected chi connectivity index (χ0v) is 10.6. The van der Waals surface area contributed by atoms with E-state index in [1.54, 1.807) is 6.92 Å². The molecule has 7 nitrogen and oxygen atoms in total. The van der Waals surface area contributed by atoms with Crippen molar-refractivity contribution in [1.82, 2.24) is 10.8 Å². The van der Waals surface area contributed by atoms with Crippen LogP contribution in [0.4, 0.5) is 4.79 Å². The first-order chi connectivity index (χ1) is 8.72. The van der Waals surface area contributed by atoms with Crippen molar-refractivity contribution < 1.29 is 23.9 Å². The normalized spacial score (nSPS) is 19.1. The Balaban J connectivity index is 2.01. The molecule has 0 spiro atoms. The minimum atomic E-state index is -0.526. The molecule has 0 saturated carbocycles. The lowest BCUT2D eigenvalue weighted by Crippen LogP contribution is -2.35. The van der Waals surface area contributed by atoms with Crippen LogP contribution in [0.2, 0.25) is 0 Å². The molecule has 2 amide bonds. The average molecular weight is 260 g/mol. The Morgan fingerprint density at radius 1 is 1.39 bits per heavy atom. The largest absolute Gasteiger partial charge is 0.450 e. The lowest BCUT2D eigenvalue weighted by atomic mass is 10.2. The summed E-state index contributed by atoms with van der Waals surface area (Å²) in [4.78, 5) is 27.3. The van der Waals surface area contributed by atoms with Crippen LogP contribution in [-0.4, -0.2) is 38.0 Å². The van der Waals surface area contributed by atoms with E-state index < -0.39 is 6.09 Å². The lowest BCUT2D eigenvalue weighted by molar-refractivity contribution is -0.200. The van der Waals surface area contributed by atoms with Crippen molar-refractivity contribution in [3.63, 3.8) is 0 Å². The fourth-order valence-corrected chi connectivity index (χ4v) is 1.45. The second kappa shape index (κ2) is 8.71. The van der Waals surface area contributed by atoms with Gasteiger partial charge in [-0.25, -0.2) is 15.1 Å². The molecule has 0 aromatic rings. The summed E-state index contributed by atoms with van der Waals surface area (Å²) in [6.07, 6.45) is 2.08. The number of hydrogen-bond acceptors (Lipinski definition) is 5. The predicted octanol–water partition coefficient (Wildman–Crippen LogP) is 0.697. The topological polar surface area (TPSA) is 85.9 Å². The molecule has 18 heavy (non-hydrogen) atoms. The fourth-order valence-electron chi connectivity index (χ4n) is 1.45. The average Bonchev–Trinajstić information content (AvgIpc) is 2.38. The highest BCUT2D eigenvalue weighted by Crippen LogP contribution is 2.12. The van der Waals surface area contributed by atoms with Crippen LogP contribution in [0.5, 0.6) is 0 Å². The van der Waals surface area contributed by atoms with Gasteiger partial charge in [-0.1, -0.05) is 0 Å². The van der Waals surface area contributed by atoms with Gasteiger partial charge in [0.2, 0.25) is 5.91 Å². The van der Waals surface area contributed by atoms with Gasteiger partial charge in [-0.3, -0.25) is 4.79 Å². The molecule has 0 radical (unpaired) electrons. The zero-order chi connectivity index (χ0) is 13.2. The molecule has 104 valence electrons. The van der Waals surface area contributed by atoms with Crippen LogP contribution in [0, 0.1) is 0 Å². The lowest BCUT2D eigenvalue weighted by Gasteiger charge is -2.22. The summed E-state index contributed by atoms with van der Waals surface area (Å²) in [5, 5.41) is 2.44. The molecule has 0 aromatic carbocycles. The van der Waals surface area contributed by atoms with E-state index >= 15 is 0 Å². The SMILES string of the molecule is CCOC(=O)NCCC(=O)NO[C@@H]1CCCCO1. The number of rotatable bonds is 6. The van der Waals surface area contributed by atoms with E-state index in [1.807, 2.05) is 0 Å². The molecule has 1 aliphatic rings. The molecule has 1 saturated heterocycles. The Hall–Kier alpha value is -1.34. The van der Waals surface area contributed by atoms with Crippen molar-refractivity contribution in [1.29, 1.82) is 0 Å². The number of amides is 2. The van der Waals surface area contributed by atoms with E-state index in [0.717, 1.165) is 19.3 Å². The van der Waals surface area contributed by atoms with Crippen molar-refractivity contribution in [3.05, 3.63) is 0 Å². The van der Waals surface area contributed by atoms with Gasteiger partial charge >= 0.3 is 6.09 Å². The van der Waals surface area contributed by atoms with Crippen molar-refractivity contribution in [3.8, 4) is 0 Å². The molecule has 0 bridgehead atoms. The van der Waals surface area contributed by atoms with E-state index in [9.17, 15) is 9.59 Å². The number of ether oxygens (including phenoxy) is 2. The molecule has 1 aliphatic heterocycles. The zero-order valence-electron chi connectivity index (χ0n) is 10.6. The van der Waals surface area contributed by atoms with Gasteiger partial charge in [0.1, 0.15) is 0 Å². The van der Waals surface area contributed by atoms with E-state index in [2.05, 4.69) is 15.5 Å². The summed E-state index contributed by atoms with van der Waals surface area (Å²) in [5.41, 5.74) is 2.30. The van der Waals surface area contributed by atoms with Crippen LogP contribution < -0.4 is 10.8 Å². The number of carbonyl (C=O) groups is 2. The van der Waals surface area contributed by atoms with E-state index in [1.165, 1.54) is 0 Å². The third-order valence-electron chi connectivity index (χ3n) is 2.34. The maximum Gasteiger partial charge on any atom is 0.407 e. The summed E-state index contributed by atoms with van der Waals surface area (Å²) < 4.78 is 9.92. The molecule has 1 fully saturated rings. The van der Waals surface area contributed by atoms with Gasteiger partial charge < -0.3 is 14.8 Å². The molecular weight excluding hydrogens is 240 g/mol. The summed E-state index contributed by atoms with van der Waals surface area (Å²) >= 11 is 0. The van der Waals surface area contributed by atoms with E-state index in [0.29, 0.717) is 13.2 Å². The Morgan fingerprint density at radius 2 is 2.22 bits per heavy atom. The highest BCUT2D eigenvalue weighted by molar-refractivity contribution is 5.75. The van der Waals surface area contributed by atoms with Crippen LogP contribution in [-0.2, 0) is 19.1 Å². The van der Waals surface area contributed by atoms with Gasteiger partial charge in [0.05, 0.1) is 6.61 Å². The highest BCUT2D eigenvalue weighted by Gasteiger charge is 2.15. The molecule has 1 atom stereocenters. The molecule has 0 unspecified atom stereocenters. The van der Waals surface area contributed by atoms with Gasteiger partial charge in [0.15, 0.2) is 6.29 Å². The van der Waals surface area contributed by atoms with Crippen molar-refractivity contribution in [2.45, 2.75) is 38.9 Å². The minimum Gasteiger partial charge on any atom is -0.450 e. The summed E-state index contributed by atoms with van der Waals surface area (Å²) in [7, 11) is 0. The van der Waals surface area contributed by atoms with E-state index in [4.69, 9.17) is 9.57 Å². The second-order valence-corrected chi connectivity index (χ2v) is 3.84. The quantitative estimate of drug-likeness (QED) is 0.686. The highest BCUT2D eigenvalue weighted by atomic mass is 16.8. The number of hydrogen-bond donors (Lipinski definition) is 2. The molecule has 1 heterocycles. The predicted molar refractivity (Wildman–Crippen MR) is 62.5 cm³/mol. The molecular formula is C11H20N2O5. The number of carbonyl (C=O) groups excluding carboxylic acids is 2. The first kappa shape index (κ1) is 14.7. The van der Waals surface area contributed by atoms with E-state index in [-0.39, 0.29) is 25.2 Å². The van der Waals surface area contributed by atoms with Crippen molar-refractivity contribution >= 4 is 12.0 Å². The van der Waals surface area contributed by atoms with Crippen molar-refractivity contribution in [2.24, 2.45) is 0 Å². The van der Waals surface area contributed by atoms with Gasteiger partial charge in [-0.2, -0.15) is 0 Å². The molecule has 7 heteroatoms. The monoisotopic (exact) mass is 260 g/mol. The maximum atomic E-state index is 11.3. The van der Waals surface area contributed by atoms with Gasteiger partial charge in [-0.05, 0) is 19.8 Å². The molecule has 2 N–H and O–H groups in total. The van der Waals surface area contributed by atoms with Gasteiger partial charge in [0, 0.05) is 26.0 Å². The van der Waals surface area contributed by atoms with Crippen LogP contribution in [0.25, 0.3) is 0 Å². The summed E-state index contributed by atoms with van der Waals surface area (Å²) in [6, 6.07) is 0. The summed E-state index contributed by atoms with van der Waals surface area (Å²) in [5.74, 6) is -0.305. The standard InChI is InChI=1S/C11H20N2O5/c1-2-16-11(15)12-7-6-9(14)13-18-10-5-3-4-8-17-10/h10H,2-8H2,1H3,(H,12,15)(H,13,14)/t10-/m1/s1. The Morgan fingerprint density at radius 3 is 2.89 bits per heavy atom. The summed E-state index contributed by atoms with van der Waals surface area (Å²) in [6.45, 7) is 2.88. The van der Waals surface area contributed by atoms with Crippen LogP contribution in [0.1, 0.15) is 32.6 Å². The first-order valence-electron chi connectivity index (χ1n) is 6.19. The second-order valence-electron chi connectivity index (χ2n) is 3.84. The van der Waals surface area contributed by atoms with Crippen LogP contribution >= 0.6 is 0 Å². The number of alkyl carbamates (subject to hydrolysis) is 1.